The number of ketones is 1. The van der Waals surface area contributed by atoms with Gasteiger partial charge in [0.05, 0.1) is 13.2 Å². The van der Waals surface area contributed by atoms with E-state index >= 15 is 0 Å². The molecule has 2 aromatic rings. The van der Waals surface area contributed by atoms with Gasteiger partial charge in [0.25, 0.3) is 0 Å². The largest absolute Gasteiger partial charge is 0.497 e. The van der Waals surface area contributed by atoms with E-state index in [0.29, 0.717) is 21.3 Å². The molecule has 0 fully saturated rings. The maximum atomic E-state index is 12.9. The van der Waals surface area contributed by atoms with Crippen molar-refractivity contribution in [2.45, 2.75) is 5.92 Å². The molecule has 2 rings (SSSR count). The van der Waals surface area contributed by atoms with Crippen molar-refractivity contribution in [3.63, 3.8) is 0 Å². The van der Waals surface area contributed by atoms with Crippen LogP contribution >= 0.6 is 15.9 Å². The predicted molar refractivity (Wildman–Crippen MR) is 79.8 cm³/mol. The molecular weight excluding hydrogens is 337 g/mol. The maximum Gasteiger partial charge on any atom is 0.185 e. The van der Waals surface area contributed by atoms with Gasteiger partial charge in [-0.05, 0) is 35.9 Å². The number of benzene rings is 2. The second-order valence-electron chi connectivity index (χ2n) is 4.32. The lowest BCUT2D eigenvalue weighted by atomic mass is 9.92. The second-order valence-corrected chi connectivity index (χ2v) is 5.18. The molecule has 0 heterocycles. The first-order valence-corrected chi connectivity index (χ1v) is 6.89. The third kappa shape index (κ3) is 3.29. The Bertz CT molecular complexity index is 707. The van der Waals surface area contributed by atoms with Crippen LogP contribution in [0.5, 0.6) is 5.75 Å². The van der Waals surface area contributed by atoms with Crippen LogP contribution in [0.2, 0.25) is 0 Å². The number of hydrogen-bond donors (Lipinski definition) is 0. The SMILES string of the molecule is COc1ccc(Br)c(C(=O)C(C#N)c2ccc(F)cc2)c1. The topological polar surface area (TPSA) is 50.1 Å². The van der Waals surface area contributed by atoms with E-state index in [-0.39, 0.29) is 5.78 Å². The minimum atomic E-state index is -0.992. The molecule has 0 aliphatic heterocycles. The Labute approximate surface area is 130 Å². The molecule has 0 saturated heterocycles. The highest BCUT2D eigenvalue weighted by Gasteiger charge is 2.24. The summed E-state index contributed by atoms with van der Waals surface area (Å²) in [4.78, 5) is 12.5. The van der Waals surface area contributed by atoms with Crippen molar-refractivity contribution in [2.24, 2.45) is 0 Å². The van der Waals surface area contributed by atoms with E-state index in [1.807, 2.05) is 6.07 Å². The Kier molecular flexibility index (Phi) is 4.71. The Balaban J connectivity index is 2.41. The number of carbonyl (C=O) groups is 1. The smallest absolute Gasteiger partial charge is 0.185 e. The van der Waals surface area contributed by atoms with Crippen molar-refractivity contribution in [3.05, 3.63) is 63.9 Å². The number of methoxy groups -OCH3 is 1. The zero-order valence-corrected chi connectivity index (χ0v) is 12.7. The molecule has 0 spiro atoms. The van der Waals surface area contributed by atoms with Crippen molar-refractivity contribution in [2.75, 3.05) is 7.11 Å². The van der Waals surface area contributed by atoms with E-state index in [2.05, 4.69) is 15.9 Å². The van der Waals surface area contributed by atoms with Crippen molar-refractivity contribution in [1.82, 2.24) is 0 Å². The fourth-order valence-corrected chi connectivity index (χ4v) is 2.36. The van der Waals surface area contributed by atoms with Gasteiger partial charge in [0, 0.05) is 10.0 Å². The van der Waals surface area contributed by atoms with Crippen molar-refractivity contribution in [3.8, 4) is 11.8 Å². The van der Waals surface area contributed by atoms with Crippen molar-refractivity contribution < 1.29 is 13.9 Å². The summed E-state index contributed by atoms with van der Waals surface area (Å²) in [5.74, 6) is -1.24. The number of Topliss-reactive ketones (excluding diaryl/α,β-unsaturated/α-hetero) is 1. The molecule has 1 unspecified atom stereocenters. The van der Waals surface area contributed by atoms with Crippen LogP contribution in [0.15, 0.2) is 46.9 Å². The van der Waals surface area contributed by atoms with Crippen molar-refractivity contribution in [1.29, 1.82) is 5.26 Å². The summed E-state index contributed by atoms with van der Waals surface area (Å²) in [6, 6.07) is 12.3. The quantitative estimate of drug-likeness (QED) is 0.782. The highest BCUT2D eigenvalue weighted by molar-refractivity contribution is 9.10. The molecule has 0 aliphatic rings. The average Bonchev–Trinajstić information content (AvgIpc) is 2.50. The van der Waals surface area contributed by atoms with Crippen LogP contribution in [0.25, 0.3) is 0 Å². The van der Waals surface area contributed by atoms with Crippen LogP contribution in [0, 0.1) is 17.1 Å². The fourth-order valence-electron chi connectivity index (χ4n) is 1.92. The van der Waals surface area contributed by atoms with E-state index in [0.717, 1.165) is 0 Å². The zero-order valence-electron chi connectivity index (χ0n) is 11.1. The summed E-state index contributed by atoms with van der Waals surface area (Å²) >= 11 is 3.30. The molecule has 3 nitrogen and oxygen atoms in total. The molecule has 0 aromatic heterocycles. The summed E-state index contributed by atoms with van der Waals surface area (Å²) < 4.78 is 18.6. The summed E-state index contributed by atoms with van der Waals surface area (Å²) in [6.07, 6.45) is 0. The lowest BCUT2D eigenvalue weighted by Gasteiger charge is -2.11. The monoisotopic (exact) mass is 347 g/mol. The molecule has 0 amide bonds. The van der Waals surface area contributed by atoms with Gasteiger partial charge in [-0.25, -0.2) is 4.39 Å². The van der Waals surface area contributed by atoms with Gasteiger partial charge in [-0.1, -0.05) is 28.1 Å². The number of halogens is 2. The van der Waals surface area contributed by atoms with Gasteiger partial charge in [-0.15, -0.1) is 0 Å². The third-order valence-electron chi connectivity index (χ3n) is 3.03. The van der Waals surface area contributed by atoms with Gasteiger partial charge in [-0.3, -0.25) is 4.79 Å². The Hall–Kier alpha value is -2.19. The number of ether oxygens (including phenoxy) is 1. The minimum Gasteiger partial charge on any atom is -0.497 e. The molecule has 5 heteroatoms. The first-order valence-electron chi connectivity index (χ1n) is 6.09. The van der Waals surface area contributed by atoms with Crippen LogP contribution in [0.1, 0.15) is 21.8 Å². The number of nitriles is 1. The van der Waals surface area contributed by atoms with Gasteiger partial charge in [0.2, 0.25) is 0 Å². The van der Waals surface area contributed by atoms with Gasteiger partial charge < -0.3 is 4.74 Å². The fraction of sp³-hybridized carbons (Fsp3) is 0.125. The summed E-state index contributed by atoms with van der Waals surface area (Å²) in [5, 5.41) is 9.29. The molecule has 2 aromatic carbocycles. The van der Waals surface area contributed by atoms with Gasteiger partial charge in [0.15, 0.2) is 5.78 Å². The first kappa shape index (κ1) is 15.2. The van der Waals surface area contributed by atoms with Crippen LogP contribution in [0.3, 0.4) is 0 Å². The van der Waals surface area contributed by atoms with E-state index in [4.69, 9.17) is 4.74 Å². The van der Waals surface area contributed by atoms with Crippen LogP contribution in [0.4, 0.5) is 4.39 Å². The van der Waals surface area contributed by atoms with Gasteiger partial charge in [-0.2, -0.15) is 5.26 Å². The molecule has 106 valence electrons. The number of nitrogens with zero attached hydrogens (tertiary/aromatic N) is 1. The second kappa shape index (κ2) is 6.51. The van der Waals surface area contributed by atoms with Crippen LogP contribution in [-0.4, -0.2) is 12.9 Å². The third-order valence-corrected chi connectivity index (χ3v) is 3.73. The highest BCUT2D eigenvalue weighted by Crippen LogP contribution is 2.28. The standard InChI is InChI=1S/C16H11BrFNO2/c1-21-12-6-7-15(17)13(8-12)16(20)14(9-19)10-2-4-11(18)5-3-10/h2-8,14H,1H3. The molecular formula is C16H11BrFNO2. The average molecular weight is 348 g/mol. The molecule has 0 radical (unpaired) electrons. The summed E-state index contributed by atoms with van der Waals surface area (Å²) in [7, 11) is 1.50. The summed E-state index contributed by atoms with van der Waals surface area (Å²) in [5.41, 5.74) is 0.809. The molecule has 0 bridgehead atoms. The minimum absolute atomic E-state index is 0.352. The Morgan fingerprint density at radius 3 is 2.52 bits per heavy atom. The number of rotatable bonds is 4. The molecule has 0 N–H and O–H groups in total. The number of hydrogen-bond acceptors (Lipinski definition) is 3. The molecule has 0 saturated carbocycles. The predicted octanol–water partition coefficient (Wildman–Crippen LogP) is 4.09. The zero-order chi connectivity index (χ0) is 15.4. The summed E-state index contributed by atoms with van der Waals surface area (Å²) in [6.45, 7) is 0. The van der Waals surface area contributed by atoms with Gasteiger partial charge >= 0.3 is 0 Å². The van der Waals surface area contributed by atoms with Crippen LogP contribution in [-0.2, 0) is 0 Å². The highest BCUT2D eigenvalue weighted by atomic mass is 79.9. The molecule has 21 heavy (non-hydrogen) atoms. The maximum absolute atomic E-state index is 12.9. The lowest BCUT2D eigenvalue weighted by molar-refractivity contribution is 0.0977. The Morgan fingerprint density at radius 2 is 1.95 bits per heavy atom. The van der Waals surface area contributed by atoms with E-state index in [1.54, 1.807) is 18.2 Å². The number of carbonyl (C=O) groups excluding carboxylic acids is 1. The van der Waals surface area contributed by atoms with Crippen molar-refractivity contribution >= 4 is 21.7 Å². The lowest BCUT2D eigenvalue weighted by Crippen LogP contribution is -2.12. The normalized spacial score (nSPS) is 11.5. The van der Waals surface area contributed by atoms with E-state index < -0.39 is 11.7 Å². The van der Waals surface area contributed by atoms with Crippen LogP contribution < -0.4 is 4.74 Å². The van der Waals surface area contributed by atoms with E-state index in [9.17, 15) is 14.4 Å². The first-order chi connectivity index (χ1) is 10.1. The Morgan fingerprint density at radius 1 is 1.29 bits per heavy atom. The van der Waals surface area contributed by atoms with E-state index in [1.165, 1.54) is 31.4 Å². The molecule has 1 atom stereocenters. The van der Waals surface area contributed by atoms with Gasteiger partial charge in [0.1, 0.15) is 17.5 Å². The molecule has 0 aliphatic carbocycles.